The molecule has 1 N–H and O–H groups in total. The summed E-state index contributed by atoms with van der Waals surface area (Å²) in [4.78, 5) is 29.4. The van der Waals surface area contributed by atoms with E-state index < -0.39 is 5.60 Å². The first-order valence-electron chi connectivity index (χ1n) is 13.0. The molecule has 0 aromatic heterocycles. The van der Waals surface area contributed by atoms with Gasteiger partial charge in [-0.3, -0.25) is 4.79 Å². The van der Waals surface area contributed by atoms with Crippen LogP contribution in [0.2, 0.25) is 0 Å². The van der Waals surface area contributed by atoms with E-state index in [0.29, 0.717) is 24.6 Å². The second kappa shape index (κ2) is 11.7. The number of ether oxygens (including phenoxy) is 2. The Morgan fingerprint density at radius 3 is 2.58 bits per heavy atom. The number of carbonyl (C=O) groups is 2. The fourth-order valence-corrected chi connectivity index (χ4v) is 5.94. The summed E-state index contributed by atoms with van der Waals surface area (Å²) in [6.45, 7) is 10.8. The zero-order valence-corrected chi connectivity index (χ0v) is 22.7. The van der Waals surface area contributed by atoms with Crippen molar-refractivity contribution in [2.24, 2.45) is 0 Å². The number of benzene rings is 2. The number of carbonyl (C=O) groups excluding carboxylic acids is 2. The van der Waals surface area contributed by atoms with Gasteiger partial charge in [-0.25, -0.2) is 4.79 Å². The molecule has 2 heterocycles. The second-order valence-corrected chi connectivity index (χ2v) is 11.6. The van der Waals surface area contributed by atoms with Crippen LogP contribution in [0.3, 0.4) is 0 Å². The third kappa shape index (κ3) is 7.04. The summed E-state index contributed by atoms with van der Waals surface area (Å²) in [7, 11) is 0. The molecular weight excluding hydrogens is 472 g/mol. The molecule has 0 unspecified atom stereocenters. The van der Waals surface area contributed by atoms with Gasteiger partial charge in [0.05, 0.1) is 12.2 Å². The Balaban J connectivity index is 1.38. The lowest BCUT2D eigenvalue weighted by atomic mass is 9.98. The van der Waals surface area contributed by atoms with Crippen molar-refractivity contribution in [2.75, 3.05) is 31.6 Å². The van der Waals surface area contributed by atoms with Crippen LogP contribution in [0.15, 0.2) is 46.2 Å². The average Bonchev–Trinajstić information content (AvgIpc) is 2.83. The number of anilines is 1. The minimum Gasteiger partial charge on any atom is -0.462 e. The first kappa shape index (κ1) is 26.6. The van der Waals surface area contributed by atoms with E-state index in [-0.39, 0.29) is 11.9 Å². The minimum atomic E-state index is -0.425. The lowest BCUT2D eigenvalue weighted by Gasteiger charge is -2.34. The first-order chi connectivity index (χ1) is 17.2. The highest BCUT2D eigenvalue weighted by atomic mass is 32.2. The van der Waals surface area contributed by atoms with E-state index >= 15 is 0 Å². The van der Waals surface area contributed by atoms with Gasteiger partial charge in [-0.2, -0.15) is 0 Å². The fourth-order valence-electron chi connectivity index (χ4n) is 4.80. The first-order valence-corrected chi connectivity index (χ1v) is 13.8. The third-order valence-corrected chi connectivity index (χ3v) is 7.70. The second-order valence-electron chi connectivity index (χ2n) is 10.6. The lowest BCUT2D eigenvalue weighted by Crippen LogP contribution is -2.40. The zero-order chi connectivity index (χ0) is 25.7. The summed E-state index contributed by atoms with van der Waals surface area (Å²) in [6.07, 6.45) is 4.18. The van der Waals surface area contributed by atoms with Gasteiger partial charge in [0.1, 0.15) is 5.60 Å². The molecule has 7 heteroatoms. The molecule has 0 bridgehead atoms. The maximum absolute atomic E-state index is 12.6. The molecule has 0 atom stereocenters. The highest BCUT2D eigenvalue weighted by Gasteiger charge is 2.25. The quantitative estimate of drug-likeness (QED) is 0.378. The number of piperidine rings is 1. The Morgan fingerprint density at radius 1 is 1.11 bits per heavy atom. The zero-order valence-electron chi connectivity index (χ0n) is 21.9. The van der Waals surface area contributed by atoms with Gasteiger partial charge >= 0.3 is 11.9 Å². The molecule has 36 heavy (non-hydrogen) atoms. The molecule has 4 rings (SSSR count). The van der Waals surface area contributed by atoms with E-state index in [2.05, 4.69) is 34.5 Å². The number of likely N-dealkylation sites (tertiary alicyclic amines) is 1. The molecule has 194 valence electrons. The molecule has 0 amide bonds. The summed E-state index contributed by atoms with van der Waals surface area (Å²) in [5, 5.41) is 3.78. The molecule has 2 aromatic carbocycles. The summed E-state index contributed by atoms with van der Waals surface area (Å²) < 4.78 is 10.7. The fraction of sp³-hybridized carbons (Fsp3) is 0.517. The Morgan fingerprint density at radius 2 is 1.86 bits per heavy atom. The highest BCUT2D eigenvalue weighted by Crippen LogP contribution is 2.43. The van der Waals surface area contributed by atoms with Crippen molar-refractivity contribution in [3.8, 4) is 0 Å². The van der Waals surface area contributed by atoms with Crippen LogP contribution in [0.1, 0.15) is 74.9 Å². The van der Waals surface area contributed by atoms with Gasteiger partial charge in [-0.1, -0.05) is 30.0 Å². The van der Waals surface area contributed by atoms with E-state index in [9.17, 15) is 9.59 Å². The predicted molar refractivity (Wildman–Crippen MR) is 144 cm³/mol. The normalized spacial score (nSPS) is 16.1. The van der Waals surface area contributed by atoms with Crippen LogP contribution in [0.25, 0.3) is 0 Å². The Bertz CT molecular complexity index is 1090. The van der Waals surface area contributed by atoms with Crippen LogP contribution in [0.4, 0.5) is 5.69 Å². The van der Waals surface area contributed by atoms with Gasteiger partial charge < -0.3 is 19.7 Å². The monoisotopic (exact) mass is 510 g/mol. The van der Waals surface area contributed by atoms with Gasteiger partial charge in [0, 0.05) is 47.5 Å². The average molecular weight is 511 g/mol. The van der Waals surface area contributed by atoms with Crippen molar-refractivity contribution in [2.45, 2.75) is 81.2 Å². The smallest absolute Gasteiger partial charge is 0.338 e. The molecule has 2 aliphatic rings. The standard InChI is InChI=1S/C29H38N2O4S/c1-5-34-28(33)21-18-24(23-17-20-9-6-7-10-25(20)36-26(23)19-21)30-22-12-15-31(16-13-22)14-8-11-27(32)35-29(2,3)4/h6-7,9-10,18-19,22,30H,5,8,11-17H2,1-4H3. The molecule has 0 saturated carbocycles. The van der Waals surface area contributed by atoms with Gasteiger partial charge in [0.15, 0.2) is 0 Å². The van der Waals surface area contributed by atoms with Crippen molar-refractivity contribution in [1.82, 2.24) is 4.90 Å². The van der Waals surface area contributed by atoms with Gasteiger partial charge in [0.2, 0.25) is 0 Å². The van der Waals surface area contributed by atoms with E-state index in [1.54, 1.807) is 11.8 Å². The van der Waals surface area contributed by atoms with Crippen LogP contribution in [0, 0.1) is 0 Å². The van der Waals surface area contributed by atoms with Crippen molar-refractivity contribution in [3.05, 3.63) is 53.1 Å². The van der Waals surface area contributed by atoms with Gasteiger partial charge in [0.25, 0.3) is 0 Å². The van der Waals surface area contributed by atoms with Crippen molar-refractivity contribution in [3.63, 3.8) is 0 Å². The van der Waals surface area contributed by atoms with E-state index in [1.165, 1.54) is 16.0 Å². The Hall–Kier alpha value is -2.51. The number of hydrogen-bond acceptors (Lipinski definition) is 7. The number of hydrogen-bond donors (Lipinski definition) is 1. The number of fused-ring (bicyclic) bond motifs is 2. The predicted octanol–water partition coefficient (Wildman–Crippen LogP) is 5.92. The SMILES string of the molecule is CCOC(=O)c1cc(NC2CCN(CCCC(=O)OC(C)(C)C)CC2)c2c(c1)Sc1ccccc1C2. The summed E-state index contributed by atoms with van der Waals surface area (Å²) in [6, 6.07) is 12.8. The number of esters is 2. The Kier molecular flexibility index (Phi) is 8.62. The Labute approximate surface area is 219 Å². The number of nitrogens with zero attached hydrogens (tertiary/aromatic N) is 1. The van der Waals surface area contributed by atoms with Crippen LogP contribution in [-0.2, 0) is 20.7 Å². The topological polar surface area (TPSA) is 67.9 Å². The summed E-state index contributed by atoms with van der Waals surface area (Å²) in [5.74, 6) is -0.396. The van der Waals surface area contributed by atoms with Gasteiger partial charge in [-0.15, -0.1) is 0 Å². The minimum absolute atomic E-state index is 0.121. The molecule has 2 aromatic rings. The van der Waals surface area contributed by atoms with Crippen LogP contribution in [-0.4, -0.2) is 54.7 Å². The summed E-state index contributed by atoms with van der Waals surface area (Å²) in [5.41, 5.74) is 3.80. The largest absolute Gasteiger partial charge is 0.462 e. The summed E-state index contributed by atoms with van der Waals surface area (Å²) >= 11 is 1.73. The van der Waals surface area contributed by atoms with Crippen molar-refractivity contribution >= 4 is 29.4 Å². The maximum atomic E-state index is 12.6. The number of rotatable bonds is 8. The van der Waals surface area contributed by atoms with Crippen molar-refractivity contribution in [1.29, 1.82) is 0 Å². The van der Waals surface area contributed by atoms with E-state index in [1.807, 2.05) is 39.8 Å². The van der Waals surface area contributed by atoms with E-state index in [0.717, 1.165) is 55.9 Å². The molecular formula is C29H38N2O4S. The lowest BCUT2D eigenvalue weighted by molar-refractivity contribution is -0.155. The third-order valence-electron chi connectivity index (χ3n) is 6.50. The molecule has 0 radical (unpaired) electrons. The van der Waals surface area contributed by atoms with Crippen molar-refractivity contribution < 1.29 is 19.1 Å². The van der Waals surface area contributed by atoms with Crippen LogP contribution < -0.4 is 5.32 Å². The molecule has 6 nitrogen and oxygen atoms in total. The molecule has 2 aliphatic heterocycles. The van der Waals surface area contributed by atoms with E-state index in [4.69, 9.17) is 9.47 Å². The molecule has 1 saturated heterocycles. The van der Waals surface area contributed by atoms with Crippen LogP contribution >= 0.6 is 11.8 Å². The molecule has 0 spiro atoms. The molecule has 0 aliphatic carbocycles. The maximum Gasteiger partial charge on any atom is 0.338 e. The van der Waals surface area contributed by atoms with Gasteiger partial charge in [-0.05, 0) is 82.8 Å². The highest BCUT2D eigenvalue weighted by molar-refractivity contribution is 7.99. The molecule has 1 fully saturated rings. The van der Waals surface area contributed by atoms with Crippen LogP contribution in [0.5, 0.6) is 0 Å². The number of nitrogens with one attached hydrogen (secondary N) is 1.